The van der Waals surface area contributed by atoms with Crippen molar-refractivity contribution >= 4 is 39.8 Å². The topological polar surface area (TPSA) is 79.8 Å². The maximum Gasteiger partial charge on any atom is 0.191 e. The van der Waals surface area contributed by atoms with Gasteiger partial charge in [-0.1, -0.05) is 13.3 Å². The Morgan fingerprint density at radius 2 is 1.65 bits per heavy atom. The average Bonchev–Trinajstić information content (AvgIpc) is 2.43. The number of hydrogen-bond acceptors (Lipinski definition) is 4. The Labute approximate surface area is 159 Å². The number of aliphatic imine (C=N–C) groups is 1. The highest BCUT2D eigenvalue weighted by atomic mass is 127. The van der Waals surface area contributed by atoms with Crippen molar-refractivity contribution in [3.8, 4) is 0 Å². The van der Waals surface area contributed by atoms with E-state index in [1.807, 2.05) is 0 Å². The van der Waals surface area contributed by atoms with Crippen LogP contribution in [0.4, 0.5) is 0 Å². The molecule has 0 aliphatic heterocycles. The number of halogens is 1. The van der Waals surface area contributed by atoms with Gasteiger partial charge in [0.05, 0.1) is 10.5 Å². The third kappa shape index (κ3) is 12.0. The zero-order valence-corrected chi connectivity index (χ0v) is 18.3. The molecule has 8 heteroatoms. The van der Waals surface area contributed by atoms with E-state index >= 15 is 0 Å². The molecule has 0 fully saturated rings. The summed E-state index contributed by atoms with van der Waals surface area (Å²) in [4.78, 5) is 4.08. The molecule has 0 aliphatic rings. The molecule has 6 nitrogen and oxygen atoms in total. The summed E-state index contributed by atoms with van der Waals surface area (Å²) in [7, 11) is -1.43. The number of ether oxygens (including phenoxy) is 1. The maximum atomic E-state index is 12.0. The number of sulfone groups is 1. The molecule has 0 rings (SSSR count). The zero-order valence-electron chi connectivity index (χ0n) is 15.1. The molecule has 0 heterocycles. The van der Waals surface area contributed by atoms with Crippen LogP contribution in [0, 0.1) is 0 Å². The highest BCUT2D eigenvalue weighted by Crippen LogP contribution is 2.15. The summed E-state index contributed by atoms with van der Waals surface area (Å²) < 4.78 is 28.7. The van der Waals surface area contributed by atoms with Crippen molar-refractivity contribution in [1.82, 2.24) is 10.6 Å². The van der Waals surface area contributed by atoms with Crippen LogP contribution in [0.15, 0.2) is 4.99 Å². The molecule has 0 spiro atoms. The van der Waals surface area contributed by atoms with Gasteiger partial charge in [-0.15, -0.1) is 24.0 Å². The number of guanidine groups is 1. The van der Waals surface area contributed by atoms with E-state index in [0.29, 0.717) is 12.5 Å². The Hall–Kier alpha value is -0.0900. The summed E-state index contributed by atoms with van der Waals surface area (Å²) in [6, 6.07) is 0. The van der Waals surface area contributed by atoms with E-state index in [0.717, 1.165) is 39.0 Å². The molecule has 0 aromatic carbocycles. The minimum absolute atomic E-state index is 0. The molecular weight excluding hydrogens is 429 g/mol. The van der Waals surface area contributed by atoms with Crippen molar-refractivity contribution in [1.29, 1.82) is 0 Å². The molecule has 0 bridgehead atoms. The molecule has 0 amide bonds. The van der Waals surface area contributed by atoms with E-state index in [2.05, 4.69) is 22.5 Å². The normalized spacial score (nSPS) is 12.7. The molecule has 0 aliphatic carbocycles. The standard InChI is InChI=1S/C15H33N3O3S.HI/c1-6-7-11-21-12-8-9-17-14(16-5)18-10-13-22(19,20)15(2,3)4;/h6-13H2,1-5H3,(H2,16,17,18);1H. The van der Waals surface area contributed by atoms with Gasteiger partial charge in [-0.05, 0) is 33.6 Å². The van der Waals surface area contributed by atoms with Crippen molar-refractivity contribution < 1.29 is 13.2 Å². The number of nitrogens with one attached hydrogen (secondary N) is 2. The first-order chi connectivity index (χ1) is 10.2. The number of rotatable bonds is 10. The van der Waals surface area contributed by atoms with Gasteiger partial charge in [0.2, 0.25) is 0 Å². The second-order valence-corrected chi connectivity index (χ2v) is 9.04. The predicted molar refractivity (Wildman–Crippen MR) is 109 cm³/mol. The fourth-order valence-corrected chi connectivity index (χ4v) is 2.54. The monoisotopic (exact) mass is 463 g/mol. The van der Waals surface area contributed by atoms with Gasteiger partial charge in [-0.2, -0.15) is 0 Å². The second-order valence-electron chi connectivity index (χ2n) is 6.18. The molecule has 0 aromatic heterocycles. The van der Waals surface area contributed by atoms with Crippen LogP contribution in [-0.4, -0.2) is 58.2 Å². The molecule has 0 aromatic rings. The number of nitrogens with zero attached hydrogens (tertiary/aromatic N) is 1. The first-order valence-corrected chi connectivity index (χ1v) is 9.64. The largest absolute Gasteiger partial charge is 0.381 e. The van der Waals surface area contributed by atoms with Crippen molar-refractivity contribution in [2.75, 3.05) is 39.1 Å². The first-order valence-electron chi connectivity index (χ1n) is 7.99. The summed E-state index contributed by atoms with van der Waals surface area (Å²) >= 11 is 0. The number of unbranched alkanes of at least 4 members (excludes halogenated alkanes) is 1. The third-order valence-corrected chi connectivity index (χ3v) is 5.83. The molecule has 0 atom stereocenters. The summed E-state index contributed by atoms with van der Waals surface area (Å²) in [5.74, 6) is 0.717. The van der Waals surface area contributed by atoms with Gasteiger partial charge >= 0.3 is 0 Å². The minimum Gasteiger partial charge on any atom is -0.381 e. The molecule has 0 unspecified atom stereocenters. The Morgan fingerprint density at radius 3 is 2.17 bits per heavy atom. The van der Waals surface area contributed by atoms with Crippen molar-refractivity contribution in [2.45, 2.75) is 51.7 Å². The highest BCUT2D eigenvalue weighted by Gasteiger charge is 2.28. The molecule has 0 saturated carbocycles. The first kappa shape index (κ1) is 25.2. The lowest BCUT2D eigenvalue weighted by molar-refractivity contribution is 0.129. The van der Waals surface area contributed by atoms with E-state index in [1.165, 1.54) is 0 Å². The number of hydrogen-bond donors (Lipinski definition) is 2. The maximum absolute atomic E-state index is 12.0. The summed E-state index contributed by atoms with van der Waals surface area (Å²) in [6.07, 6.45) is 3.13. The summed E-state index contributed by atoms with van der Waals surface area (Å²) in [6.45, 7) is 9.93. The third-order valence-electron chi connectivity index (χ3n) is 3.22. The minimum atomic E-state index is -3.10. The zero-order chi connectivity index (χ0) is 17.1. The lowest BCUT2D eigenvalue weighted by atomic mass is 10.3. The van der Waals surface area contributed by atoms with Crippen molar-refractivity contribution in [2.24, 2.45) is 4.99 Å². The van der Waals surface area contributed by atoms with Crippen LogP contribution in [0.5, 0.6) is 0 Å². The van der Waals surface area contributed by atoms with Crippen molar-refractivity contribution in [3.05, 3.63) is 0 Å². The lowest BCUT2D eigenvalue weighted by Crippen LogP contribution is -2.42. The SMILES string of the molecule is CCCCOCCCNC(=NC)NCCS(=O)(=O)C(C)(C)C.I. The Morgan fingerprint density at radius 1 is 1.09 bits per heavy atom. The quantitative estimate of drug-likeness (QED) is 0.225. The Kier molecular flexibility index (Phi) is 14.5. The predicted octanol–water partition coefficient (Wildman–Crippen LogP) is 2.19. The fraction of sp³-hybridized carbons (Fsp3) is 0.933. The van der Waals surface area contributed by atoms with Crippen LogP contribution in [0.3, 0.4) is 0 Å². The van der Waals surface area contributed by atoms with Crippen molar-refractivity contribution in [3.63, 3.8) is 0 Å². The van der Waals surface area contributed by atoms with E-state index in [9.17, 15) is 8.42 Å². The molecular formula is C15H34IN3O3S. The van der Waals surface area contributed by atoms with Crippen LogP contribution in [-0.2, 0) is 14.6 Å². The van der Waals surface area contributed by atoms with E-state index in [-0.39, 0.29) is 29.7 Å². The van der Waals surface area contributed by atoms with Crippen LogP contribution < -0.4 is 10.6 Å². The highest BCUT2D eigenvalue weighted by molar-refractivity contribution is 14.0. The second kappa shape index (κ2) is 13.2. The summed E-state index contributed by atoms with van der Waals surface area (Å²) in [5.41, 5.74) is 0. The van der Waals surface area contributed by atoms with Crippen LogP contribution in [0.25, 0.3) is 0 Å². The molecule has 0 saturated heterocycles. The average molecular weight is 463 g/mol. The van der Waals surface area contributed by atoms with Crippen LogP contribution >= 0.6 is 24.0 Å². The van der Waals surface area contributed by atoms with Crippen LogP contribution in [0.2, 0.25) is 0 Å². The molecule has 2 N–H and O–H groups in total. The Bertz CT molecular complexity index is 420. The van der Waals surface area contributed by atoms with Gasteiger partial charge in [0, 0.05) is 33.4 Å². The van der Waals surface area contributed by atoms with Gasteiger partial charge < -0.3 is 15.4 Å². The Balaban J connectivity index is 0. The van der Waals surface area contributed by atoms with Gasteiger partial charge in [-0.3, -0.25) is 4.99 Å². The summed E-state index contributed by atoms with van der Waals surface area (Å²) in [5, 5.41) is 6.18. The van der Waals surface area contributed by atoms with Gasteiger partial charge in [0.1, 0.15) is 0 Å². The lowest BCUT2D eigenvalue weighted by Gasteiger charge is -2.19. The van der Waals surface area contributed by atoms with E-state index in [1.54, 1.807) is 27.8 Å². The van der Waals surface area contributed by atoms with Gasteiger partial charge in [0.15, 0.2) is 15.8 Å². The van der Waals surface area contributed by atoms with E-state index < -0.39 is 14.6 Å². The molecule has 23 heavy (non-hydrogen) atoms. The smallest absolute Gasteiger partial charge is 0.191 e. The van der Waals surface area contributed by atoms with Gasteiger partial charge in [0.25, 0.3) is 0 Å². The molecule has 0 radical (unpaired) electrons. The van der Waals surface area contributed by atoms with E-state index in [4.69, 9.17) is 4.74 Å². The molecule has 140 valence electrons. The van der Waals surface area contributed by atoms with Crippen LogP contribution in [0.1, 0.15) is 47.0 Å². The fourth-order valence-electron chi connectivity index (χ4n) is 1.56. The van der Waals surface area contributed by atoms with Gasteiger partial charge in [-0.25, -0.2) is 8.42 Å².